The van der Waals surface area contributed by atoms with E-state index in [1.165, 1.54) is 11.3 Å². The molecule has 3 heterocycles. The average molecular weight is 427 g/mol. The molecule has 1 aromatic carbocycles. The molecule has 7 heteroatoms. The third-order valence-electron chi connectivity index (χ3n) is 7.13. The largest absolute Gasteiger partial charge is 0.367 e. The fourth-order valence-electron chi connectivity index (χ4n) is 5.27. The summed E-state index contributed by atoms with van der Waals surface area (Å²) in [5.41, 5.74) is 2.82. The van der Waals surface area contributed by atoms with Gasteiger partial charge in [-0.1, -0.05) is 18.2 Å². The lowest BCUT2D eigenvalue weighted by Gasteiger charge is -2.39. The smallest absolute Gasteiger partial charge is 0.239 e. The Morgan fingerprint density at radius 3 is 2.52 bits per heavy atom. The molecule has 3 aliphatic rings. The molecule has 7 nitrogen and oxygen atoms in total. The summed E-state index contributed by atoms with van der Waals surface area (Å²) < 4.78 is 0. The molecule has 1 N–H and O–H groups in total. The van der Waals surface area contributed by atoms with E-state index in [1.54, 1.807) is 0 Å². The van der Waals surface area contributed by atoms with Crippen molar-refractivity contribution in [1.82, 2.24) is 20.0 Å². The van der Waals surface area contributed by atoms with Crippen LogP contribution in [0.15, 0.2) is 29.3 Å². The number of anilines is 1. The van der Waals surface area contributed by atoms with E-state index in [0.717, 1.165) is 77.6 Å². The zero-order valence-electron chi connectivity index (χ0n) is 19.4. The molecule has 0 bridgehead atoms. The van der Waals surface area contributed by atoms with Gasteiger partial charge < -0.3 is 20.0 Å². The van der Waals surface area contributed by atoms with Crippen LogP contribution in [0.2, 0.25) is 0 Å². The van der Waals surface area contributed by atoms with Crippen LogP contribution in [-0.4, -0.2) is 98.1 Å². The van der Waals surface area contributed by atoms with E-state index in [4.69, 9.17) is 0 Å². The number of benzene rings is 1. The van der Waals surface area contributed by atoms with Crippen molar-refractivity contribution >= 4 is 17.6 Å². The van der Waals surface area contributed by atoms with Crippen LogP contribution in [0.5, 0.6) is 0 Å². The van der Waals surface area contributed by atoms with E-state index < -0.39 is 0 Å². The highest BCUT2D eigenvalue weighted by Crippen LogP contribution is 2.31. The number of hydrogen-bond donors (Lipinski definition) is 1. The monoisotopic (exact) mass is 426 g/mol. The second-order valence-corrected chi connectivity index (χ2v) is 9.08. The maximum atomic E-state index is 12.7. The van der Waals surface area contributed by atoms with Gasteiger partial charge in [-0.3, -0.25) is 14.7 Å². The number of para-hydroxylation sites is 1. The molecule has 2 unspecified atom stereocenters. The third kappa shape index (κ3) is 4.81. The lowest BCUT2D eigenvalue weighted by molar-refractivity contribution is -0.135. The van der Waals surface area contributed by atoms with Crippen LogP contribution in [0.1, 0.15) is 32.3 Å². The Morgan fingerprint density at radius 2 is 1.81 bits per heavy atom. The van der Waals surface area contributed by atoms with Crippen LogP contribution in [0.4, 0.5) is 5.69 Å². The number of aliphatic imine (C=N–C) groups is 1. The molecule has 2 saturated heterocycles. The predicted octanol–water partition coefficient (Wildman–Crippen LogP) is 1.64. The van der Waals surface area contributed by atoms with Gasteiger partial charge in [-0.15, -0.1) is 0 Å². The van der Waals surface area contributed by atoms with Crippen LogP contribution >= 0.6 is 0 Å². The van der Waals surface area contributed by atoms with E-state index >= 15 is 0 Å². The molecule has 0 saturated carbocycles. The van der Waals surface area contributed by atoms with Crippen LogP contribution < -0.4 is 10.2 Å². The highest BCUT2D eigenvalue weighted by atomic mass is 16.2. The first kappa shape index (κ1) is 21.9. The van der Waals surface area contributed by atoms with Gasteiger partial charge in [-0.2, -0.15) is 0 Å². The van der Waals surface area contributed by atoms with Crippen molar-refractivity contribution < 1.29 is 4.79 Å². The first-order valence-electron chi connectivity index (χ1n) is 11.9. The zero-order chi connectivity index (χ0) is 21.8. The number of carbonyl (C=O) groups excluding carboxylic acids is 1. The number of amides is 1. The molecule has 1 aromatic rings. The summed E-state index contributed by atoms with van der Waals surface area (Å²) in [6, 6.07) is 9.26. The minimum Gasteiger partial charge on any atom is -0.367 e. The summed E-state index contributed by atoms with van der Waals surface area (Å²) in [6.45, 7) is 11.7. The third-order valence-corrected chi connectivity index (χ3v) is 7.13. The molecule has 0 aromatic heterocycles. The SMILES string of the molecule is CN=C(NCCN1c2ccccc2CC1C)N1CCN(C(C)C(=O)N2CCCC2)CC1. The van der Waals surface area contributed by atoms with Crippen molar-refractivity contribution in [2.75, 3.05) is 64.3 Å². The number of fused-ring (bicyclic) bond motifs is 1. The normalized spacial score (nSPS) is 23.3. The van der Waals surface area contributed by atoms with Crippen molar-refractivity contribution in [3.8, 4) is 0 Å². The number of guanidine groups is 1. The second-order valence-electron chi connectivity index (χ2n) is 9.08. The summed E-state index contributed by atoms with van der Waals surface area (Å²) >= 11 is 0. The van der Waals surface area contributed by atoms with E-state index in [-0.39, 0.29) is 6.04 Å². The summed E-state index contributed by atoms with van der Waals surface area (Å²) in [5, 5.41) is 3.57. The summed E-state index contributed by atoms with van der Waals surface area (Å²) in [7, 11) is 1.86. The maximum Gasteiger partial charge on any atom is 0.239 e. The minimum absolute atomic E-state index is 0.0213. The van der Waals surface area contributed by atoms with Gasteiger partial charge in [-0.05, 0) is 44.7 Å². The van der Waals surface area contributed by atoms with Crippen molar-refractivity contribution in [3.05, 3.63) is 29.8 Å². The van der Waals surface area contributed by atoms with Crippen LogP contribution in [-0.2, 0) is 11.2 Å². The molecule has 31 heavy (non-hydrogen) atoms. The fraction of sp³-hybridized carbons (Fsp3) is 0.667. The molecule has 0 aliphatic carbocycles. The number of rotatable bonds is 5. The van der Waals surface area contributed by atoms with Crippen LogP contribution in [0.3, 0.4) is 0 Å². The lowest BCUT2D eigenvalue weighted by Crippen LogP contribution is -2.57. The minimum atomic E-state index is -0.0213. The number of piperazine rings is 1. The molecule has 1 amide bonds. The Labute approximate surface area is 187 Å². The predicted molar refractivity (Wildman–Crippen MR) is 127 cm³/mol. The molecule has 0 radical (unpaired) electrons. The molecule has 3 aliphatic heterocycles. The number of nitrogens with zero attached hydrogens (tertiary/aromatic N) is 5. The molecule has 4 rings (SSSR count). The van der Waals surface area contributed by atoms with Gasteiger partial charge in [0, 0.05) is 71.1 Å². The van der Waals surface area contributed by atoms with Gasteiger partial charge in [-0.25, -0.2) is 0 Å². The van der Waals surface area contributed by atoms with Gasteiger partial charge in [0.15, 0.2) is 5.96 Å². The van der Waals surface area contributed by atoms with E-state index in [0.29, 0.717) is 11.9 Å². The Hall–Kier alpha value is -2.28. The number of likely N-dealkylation sites (tertiary alicyclic amines) is 1. The van der Waals surface area contributed by atoms with Crippen molar-refractivity contribution in [3.63, 3.8) is 0 Å². The van der Waals surface area contributed by atoms with Crippen molar-refractivity contribution in [2.24, 2.45) is 4.99 Å². The van der Waals surface area contributed by atoms with Gasteiger partial charge in [0.1, 0.15) is 0 Å². The van der Waals surface area contributed by atoms with Crippen LogP contribution in [0, 0.1) is 0 Å². The standard InChI is InChI=1S/C24H38N6O/c1-19-18-21-8-4-5-9-22(21)30(19)13-10-26-24(25-3)29-16-14-27(15-17-29)20(2)23(31)28-11-6-7-12-28/h4-5,8-9,19-20H,6-7,10-18H2,1-3H3,(H,25,26). The lowest BCUT2D eigenvalue weighted by atomic mass is 10.1. The summed E-state index contributed by atoms with van der Waals surface area (Å²) in [5.74, 6) is 1.27. The maximum absolute atomic E-state index is 12.7. The van der Waals surface area contributed by atoms with Crippen LogP contribution in [0.25, 0.3) is 0 Å². The zero-order valence-corrected chi connectivity index (χ0v) is 19.4. The first-order valence-corrected chi connectivity index (χ1v) is 11.9. The van der Waals surface area contributed by atoms with E-state index in [9.17, 15) is 4.79 Å². The Balaban J connectivity index is 1.24. The average Bonchev–Trinajstić information content (AvgIpc) is 3.44. The van der Waals surface area contributed by atoms with Crippen molar-refractivity contribution in [2.45, 2.75) is 45.2 Å². The summed E-state index contributed by atoms with van der Waals surface area (Å²) in [6.07, 6.45) is 3.42. The number of hydrogen-bond acceptors (Lipinski definition) is 4. The highest BCUT2D eigenvalue weighted by molar-refractivity contribution is 5.82. The van der Waals surface area contributed by atoms with Gasteiger partial charge in [0.05, 0.1) is 6.04 Å². The topological polar surface area (TPSA) is 54.4 Å². The van der Waals surface area contributed by atoms with Gasteiger partial charge in [0.2, 0.25) is 5.91 Å². The number of nitrogens with one attached hydrogen (secondary N) is 1. The highest BCUT2D eigenvalue weighted by Gasteiger charge is 2.30. The molecule has 2 atom stereocenters. The molecule has 170 valence electrons. The Kier molecular flexibility index (Phi) is 7.00. The molecular formula is C24H38N6O. The quantitative estimate of drug-likeness (QED) is 0.573. The number of carbonyl (C=O) groups is 1. The Bertz CT molecular complexity index is 782. The van der Waals surface area contributed by atoms with E-state index in [1.807, 2.05) is 11.9 Å². The molecule has 0 spiro atoms. The fourth-order valence-corrected chi connectivity index (χ4v) is 5.27. The second kappa shape index (κ2) is 9.90. The van der Waals surface area contributed by atoms with Gasteiger partial charge in [0.25, 0.3) is 0 Å². The molecular weight excluding hydrogens is 388 g/mol. The van der Waals surface area contributed by atoms with Gasteiger partial charge >= 0.3 is 0 Å². The molecule has 2 fully saturated rings. The Morgan fingerprint density at radius 1 is 1.10 bits per heavy atom. The van der Waals surface area contributed by atoms with E-state index in [2.05, 4.69) is 63.1 Å². The first-order chi connectivity index (χ1) is 15.1. The van der Waals surface area contributed by atoms with Crippen molar-refractivity contribution in [1.29, 1.82) is 0 Å². The summed E-state index contributed by atoms with van der Waals surface area (Å²) in [4.78, 5) is 26.4.